The van der Waals surface area contributed by atoms with Crippen LogP contribution in [0.1, 0.15) is 66.2 Å². The summed E-state index contributed by atoms with van der Waals surface area (Å²) in [4.78, 5) is 0. The first-order valence-corrected chi connectivity index (χ1v) is 6.60. The average Bonchev–Trinajstić information content (AvgIpc) is 2.13. The first-order chi connectivity index (χ1) is 6.88. The first-order valence-electron chi connectivity index (χ1n) is 6.60. The van der Waals surface area contributed by atoms with Crippen LogP contribution in [0.4, 0.5) is 0 Å². The molecular formula is C15H26. The van der Waals surface area contributed by atoms with Crippen LogP contribution < -0.4 is 0 Å². The lowest BCUT2D eigenvalue weighted by atomic mass is 9.72. The van der Waals surface area contributed by atoms with Crippen LogP contribution in [0.2, 0.25) is 0 Å². The normalized spacial score (nSPS) is 33.9. The summed E-state index contributed by atoms with van der Waals surface area (Å²) in [6.45, 7) is 9.75. The fourth-order valence-corrected chi connectivity index (χ4v) is 4.06. The molecule has 0 radical (unpaired) electrons. The molecule has 2 rings (SSSR count). The summed E-state index contributed by atoms with van der Waals surface area (Å²) in [5.74, 6) is 0.913. The van der Waals surface area contributed by atoms with Gasteiger partial charge in [0.2, 0.25) is 0 Å². The van der Waals surface area contributed by atoms with Crippen LogP contribution in [-0.2, 0) is 0 Å². The Morgan fingerprint density at radius 1 is 1.13 bits per heavy atom. The molecular weight excluding hydrogens is 180 g/mol. The molecule has 0 heterocycles. The molecule has 1 atom stereocenters. The highest BCUT2D eigenvalue weighted by molar-refractivity contribution is 5.17. The van der Waals surface area contributed by atoms with Crippen molar-refractivity contribution in [2.45, 2.75) is 66.2 Å². The van der Waals surface area contributed by atoms with Crippen LogP contribution in [0.3, 0.4) is 0 Å². The Balaban J connectivity index is 2.27. The van der Waals surface area contributed by atoms with Gasteiger partial charge in [0.05, 0.1) is 0 Å². The molecule has 1 saturated carbocycles. The zero-order chi connectivity index (χ0) is 11.1. The minimum atomic E-state index is 0.422. The molecule has 0 aromatic heterocycles. The van der Waals surface area contributed by atoms with E-state index in [0.717, 1.165) is 5.92 Å². The third kappa shape index (κ3) is 2.65. The second-order valence-electron chi connectivity index (χ2n) is 7.20. The van der Waals surface area contributed by atoms with Crippen LogP contribution in [-0.4, -0.2) is 0 Å². The maximum absolute atomic E-state index is 2.62. The summed E-state index contributed by atoms with van der Waals surface area (Å²) in [5.41, 5.74) is 2.74. The topological polar surface area (TPSA) is 0 Å². The third-order valence-corrected chi connectivity index (χ3v) is 4.10. The molecule has 1 unspecified atom stereocenters. The average molecular weight is 206 g/mol. The van der Waals surface area contributed by atoms with E-state index in [-0.39, 0.29) is 0 Å². The predicted octanol–water partition coefficient (Wildman–Crippen LogP) is 4.95. The molecule has 0 saturated heterocycles. The van der Waals surface area contributed by atoms with Gasteiger partial charge in [0.1, 0.15) is 0 Å². The Morgan fingerprint density at radius 2 is 1.87 bits per heavy atom. The lowest BCUT2D eigenvalue weighted by Crippen LogP contribution is -2.21. The third-order valence-electron chi connectivity index (χ3n) is 4.10. The predicted molar refractivity (Wildman–Crippen MR) is 66.8 cm³/mol. The van der Waals surface area contributed by atoms with E-state index in [0.29, 0.717) is 10.8 Å². The van der Waals surface area contributed by atoms with Gasteiger partial charge in [-0.15, -0.1) is 0 Å². The largest absolute Gasteiger partial charge is 0.0794 e. The van der Waals surface area contributed by atoms with Crippen molar-refractivity contribution in [1.82, 2.24) is 0 Å². The van der Waals surface area contributed by atoms with Crippen molar-refractivity contribution in [1.29, 1.82) is 0 Å². The zero-order valence-electron chi connectivity index (χ0n) is 10.9. The molecule has 0 bridgehead atoms. The van der Waals surface area contributed by atoms with Gasteiger partial charge in [-0.1, -0.05) is 45.8 Å². The molecule has 2 aliphatic rings. The number of allylic oxidation sites excluding steroid dienone is 2. The SMILES string of the molecule is CC1(C)C=C2CCCCC2CC(C)(C)C1. The lowest BCUT2D eigenvalue weighted by Gasteiger charge is -2.33. The van der Waals surface area contributed by atoms with E-state index >= 15 is 0 Å². The molecule has 15 heavy (non-hydrogen) atoms. The fourth-order valence-electron chi connectivity index (χ4n) is 4.06. The summed E-state index contributed by atoms with van der Waals surface area (Å²) >= 11 is 0. The van der Waals surface area contributed by atoms with Gasteiger partial charge in [-0.25, -0.2) is 0 Å². The van der Waals surface area contributed by atoms with Crippen molar-refractivity contribution in [3.05, 3.63) is 11.6 Å². The Morgan fingerprint density at radius 3 is 2.60 bits per heavy atom. The maximum atomic E-state index is 2.62. The van der Waals surface area contributed by atoms with E-state index in [1.807, 2.05) is 0 Å². The van der Waals surface area contributed by atoms with Gasteiger partial charge in [0.15, 0.2) is 0 Å². The zero-order valence-corrected chi connectivity index (χ0v) is 10.9. The highest BCUT2D eigenvalue weighted by Gasteiger charge is 2.35. The molecule has 0 aromatic carbocycles. The number of hydrogen-bond acceptors (Lipinski definition) is 0. The Labute approximate surface area is 95.1 Å². The summed E-state index contributed by atoms with van der Waals surface area (Å²) in [5, 5.41) is 0. The van der Waals surface area contributed by atoms with Gasteiger partial charge in [0, 0.05) is 0 Å². The Hall–Kier alpha value is -0.260. The number of fused-ring (bicyclic) bond motifs is 1. The van der Waals surface area contributed by atoms with Gasteiger partial charge >= 0.3 is 0 Å². The number of rotatable bonds is 0. The van der Waals surface area contributed by atoms with E-state index in [1.165, 1.54) is 38.5 Å². The summed E-state index contributed by atoms with van der Waals surface area (Å²) in [6.07, 6.45) is 11.1. The molecule has 0 amide bonds. The van der Waals surface area contributed by atoms with Gasteiger partial charge in [-0.05, 0) is 48.9 Å². The van der Waals surface area contributed by atoms with E-state index in [9.17, 15) is 0 Å². The van der Waals surface area contributed by atoms with Crippen LogP contribution in [0.25, 0.3) is 0 Å². The van der Waals surface area contributed by atoms with Crippen molar-refractivity contribution in [3.63, 3.8) is 0 Å². The molecule has 0 aromatic rings. The van der Waals surface area contributed by atoms with E-state index in [1.54, 1.807) is 5.57 Å². The second-order valence-corrected chi connectivity index (χ2v) is 7.20. The maximum Gasteiger partial charge on any atom is -0.0167 e. The smallest absolute Gasteiger partial charge is 0.0167 e. The van der Waals surface area contributed by atoms with Crippen LogP contribution in [0.15, 0.2) is 11.6 Å². The van der Waals surface area contributed by atoms with Crippen LogP contribution >= 0.6 is 0 Å². The monoisotopic (exact) mass is 206 g/mol. The molecule has 0 N–H and O–H groups in total. The van der Waals surface area contributed by atoms with Gasteiger partial charge in [0.25, 0.3) is 0 Å². The van der Waals surface area contributed by atoms with Crippen molar-refractivity contribution in [2.24, 2.45) is 16.7 Å². The summed E-state index contributed by atoms with van der Waals surface area (Å²) in [6, 6.07) is 0. The Bertz CT molecular complexity index is 268. The standard InChI is InChI=1S/C15H26/c1-14(2)9-12-7-5-6-8-13(12)10-15(3,4)11-14/h9,13H,5-8,10-11H2,1-4H3. The molecule has 0 heteroatoms. The minimum absolute atomic E-state index is 0.422. The van der Waals surface area contributed by atoms with Crippen LogP contribution in [0, 0.1) is 16.7 Å². The summed E-state index contributed by atoms with van der Waals surface area (Å²) in [7, 11) is 0. The van der Waals surface area contributed by atoms with Crippen molar-refractivity contribution >= 4 is 0 Å². The minimum Gasteiger partial charge on any atom is -0.0794 e. The molecule has 0 aliphatic heterocycles. The van der Waals surface area contributed by atoms with Crippen molar-refractivity contribution in [3.8, 4) is 0 Å². The Kier molecular flexibility index (Phi) is 2.73. The molecule has 0 nitrogen and oxygen atoms in total. The molecule has 0 spiro atoms. The first kappa shape index (κ1) is 11.2. The lowest BCUT2D eigenvalue weighted by molar-refractivity contribution is 0.204. The second kappa shape index (κ2) is 3.64. The quantitative estimate of drug-likeness (QED) is 0.492. The molecule has 2 aliphatic carbocycles. The highest BCUT2D eigenvalue weighted by Crippen LogP contribution is 2.48. The van der Waals surface area contributed by atoms with E-state index < -0.39 is 0 Å². The van der Waals surface area contributed by atoms with Crippen LogP contribution in [0.5, 0.6) is 0 Å². The molecule has 86 valence electrons. The van der Waals surface area contributed by atoms with Gasteiger partial charge in [-0.3, -0.25) is 0 Å². The summed E-state index contributed by atoms with van der Waals surface area (Å²) < 4.78 is 0. The van der Waals surface area contributed by atoms with E-state index in [4.69, 9.17) is 0 Å². The van der Waals surface area contributed by atoms with Gasteiger partial charge < -0.3 is 0 Å². The molecule has 1 fully saturated rings. The van der Waals surface area contributed by atoms with Gasteiger partial charge in [-0.2, -0.15) is 0 Å². The van der Waals surface area contributed by atoms with Crippen molar-refractivity contribution < 1.29 is 0 Å². The highest BCUT2D eigenvalue weighted by atomic mass is 14.4. The fraction of sp³-hybridized carbons (Fsp3) is 0.867. The van der Waals surface area contributed by atoms with E-state index in [2.05, 4.69) is 33.8 Å². The van der Waals surface area contributed by atoms with Crippen molar-refractivity contribution in [2.75, 3.05) is 0 Å². The number of hydrogen-bond donors (Lipinski definition) is 0.